The van der Waals surface area contributed by atoms with Gasteiger partial charge in [0.1, 0.15) is 5.75 Å². The smallest absolute Gasteiger partial charge is 0.219 e. The third-order valence-electron chi connectivity index (χ3n) is 6.73. The second-order valence-electron chi connectivity index (χ2n) is 9.42. The predicted octanol–water partition coefficient (Wildman–Crippen LogP) is 7.87. The fourth-order valence-electron chi connectivity index (χ4n) is 4.61. The van der Waals surface area contributed by atoms with Crippen molar-refractivity contribution in [3.05, 3.63) is 76.9 Å². The van der Waals surface area contributed by atoms with Gasteiger partial charge in [0.05, 0.1) is 15.9 Å². The van der Waals surface area contributed by atoms with Gasteiger partial charge in [0.15, 0.2) is 16.7 Å². The van der Waals surface area contributed by atoms with E-state index in [1.807, 2.05) is 59.8 Å². The molecule has 0 bridgehead atoms. The molecule has 6 rings (SSSR count). The first-order chi connectivity index (χ1) is 19.0. The summed E-state index contributed by atoms with van der Waals surface area (Å²) in [5.41, 5.74) is 3.20. The molecular weight excluding hydrogens is 547 g/mol. The molecule has 0 atom stereocenters. The van der Waals surface area contributed by atoms with E-state index < -0.39 is 0 Å². The maximum absolute atomic E-state index is 11.7. The van der Waals surface area contributed by atoms with E-state index in [1.54, 1.807) is 41.4 Å². The first-order valence-electron chi connectivity index (χ1n) is 12.7. The molecule has 1 N–H and O–H groups in total. The number of carbonyl (C=O) groups is 1. The van der Waals surface area contributed by atoms with E-state index in [2.05, 4.69) is 28.0 Å². The second-order valence-corrected chi connectivity index (χ2v) is 12.3. The Morgan fingerprint density at radius 3 is 2.72 bits per heavy atom. The topological polar surface area (TPSA) is 80.2 Å². The van der Waals surface area contributed by atoms with E-state index >= 15 is 0 Å². The molecule has 1 aliphatic heterocycles. The minimum absolute atomic E-state index is 0.145. The van der Waals surface area contributed by atoms with E-state index in [1.165, 1.54) is 9.60 Å². The molecule has 1 fully saturated rings. The number of nitrogens with one attached hydrogen (secondary N) is 1. The number of thiophene rings is 1. The largest absolute Gasteiger partial charge is 0.453 e. The van der Waals surface area contributed by atoms with Gasteiger partial charge >= 0.3 is 0 Å². The van der Waals surface area contributed by atoms with E-state index in [9.17, 15) is 4.79 Å². The summed E-state index contributed by atoms with van der Waals surface area (Å²) in [6, 6.07) is 13.8. The molecular formula is C29H27N5O2S3. The zero-order valence-corrected chi connectivity index (χ0v) is 24.0. The number of piperidine rings is 1. The SMILES string of the molecule is CC(=O)N1CCC(c2csc(Nc3ncc(Sc4c(C)cnc5ccsc45)cc3Oc3ccccc3)n2)CC1. The number of aromatic nitrogens is 3. The van der Waals surface area contributed by atoms with Gasteiger partial charge in [-0.15, -0.1) is 22.7 Å². The van der Waals surface area contributed by atoms with Crippen molar-refractivity contribution in [2.45, 2.75) is 42.4 Å². The highest BCUT2D eigenvalue weighted by atomic mass is 32.2. The Bertz CT molecular complexity index is 1610. The van der Waals surface area contributed by atoms with Crippen LogP contribution in [0, 0.1) is 6.92 Å². The summed E-state index contributed by atoms with van der Waals surface area (Å²) in [5, 5.41) is 8.35. The van der Waals surface area contributed by atoms with Crippen LogP contribution in [0.4, 0.5) is 10.9 Å². The molecule has 4 aromatic heterocycles. The number of anilines is 2. The number of aryl methyl sites for hydroxylation is 1. The molecule has 0 saturated carbocycles. The van der Waals surface area contributed by atoms with E-state index in [4.69, 9.17) is 14.7 Å². The molecule has 1 aromatic carbocycles. The zero-order valence-electron chi connectivity index (χ0n) is 21.6. The molecule has 5 aromatic rings. The molecule has 10 heteroatoms. The van der Waals surface area contributed by atoms with Crippen molar-refractivity contribution in [2.75, 3.05) is 18.4 Å². The summed E-state index contributed by atoms with van der Waals surface area (Å²) >= 11 is 4.94. The fraction of sp³-hybridized carbons (Fsp3) is 0.241. The molecule has 0 radical (unpaired) electrons. The van der Waals surface area contributed by atoms with Crippen molar-refractivity contribution in [3.63, 3.8) is 0 Å². The summed E-state index contributed by atoms with van der Waals surface area (Å²) in [5.74, 6) is 2.49. The van der Waals surface area contributed by atoms with Crippen LogP contribution in [0.1, 0.15) is 36.9 Å². The van der Waals surface area contributed by atoms with Gasteiger partial charge in [-0.25, -0.2) is 9.97 Å². The van der Waals surface area contributed by atoms with Crippen molar-refractivity contribution >= 4 is 61.5 Å². The molecule has 1 amide bonds. The summed E-state index contributed by atoms with van der Waals surface area (Å²) in [7, 11) is 0. The molecule has 39 heavy (non-hydrogen) atoms. The second kappa shape index (κ2) is 11.3. The van der Waals surface area contributed by atoms with Crippen molar-refractivity contribution in [2.24, 2.45) is 0 Å². The summed E-state index contributed by atoms with van der Waals surface area (Å²) in [6.45, 7) is 5.29. The van der Waals surface area contributed by atoms with Gasteiger partial charge in [0.25, 0.3) is 0 Å². The number of fused-ring (bicyclic) bond motifs is 1. The lowest BCUT2D eigenvalue weighted by atomic mass is 9.94. The lowest BCUT2D eigenvalue weighted by molar-refractivity contribution is -0.129. The van der Waals surface area contributed by atoms with Crippen LogP contribution in [0.3, 0.4) is 0 Å². The first-order valence-corrected chi connectivity index (χ1v) is 15.3. The van der Waals surface area contributed by atoms with E-state index in [-0.39, 0.29) is 5.91 Å². The van der Waals surface area contributed by atoms with Crippen molar-refractivity contribution < 1.29 is 9.53 Å². The number of hydrogen-bond acceptors (Lipinski definition) is 9. The summed E-state index contributed by atoms with van der Waals surface area (Å²) < 4.78 is 7.49. The summed E-state index contributed by atoms with van der Waals surface area (Å²) in [4.78, 5) is 29.9. The predicted molar refractivity (Wildman–Crippen MR) is 159 cm³/mol. The third kappa shape index (κ3) is 5.78. The number of benzene rings is 1. The van der Waals surface area contributed by atoms with Crippen molar-refractivity contribution in [1.82, 2.24) is 19.9 Å². The van der Waals surface area contributed by atoms with Gasteiger partial charge in [0, 0.05) is 59.6 Å². The Hall–Kier alpha value is -3.47. The number of likely N-dealkylation sites (tertiary alicyclic amines) is 1. The Labute approximate surface area is 239 Å². The number of hydrogen-bond donors (Lipinski definition) is 1. The molecule has 0 aliphatic carbocycles. The Balaban J connectivity index is 1.25. The lowest BCUT2D eigenvalue weighted by Crippen LogP contribution is -2.36. The minimum Gasteiger partial charge on any atom is -0.453 e. The average molecular weight is 574 g/mol. The van der Waals surface area contributed by atoms with Gasteiger partial charge in [-0.2, -0.15) is 0 Å². The van der Waals surface area contributed by atoms with E-state index in [0.717, 1.165) is 58.5 Å². The first kappa shape index (κ1) is 25.8. The number of thiazole rings is 1. The average Bonchev–Trinajstić information content (AvgIpc) is 3.62. The molecule has 198 valence electrons. The van der Waals surface area contributed by atoms with Gasteiger partial charge in [-0.3, -0.25) is 9.78 Å². The number of nitrogens with zero attached hydrogens (tertiary/aromatic N) is 4. The summed E-state index contributed by atoms with van der Waals surface area (Å²) in [6.07, 6.45) is 5.66. The number of carbonyl (C=O) groups excluding carboxylic acids is 1. The van der Waals surface area contributed by atoms with Gasteiger partial charge in [-0.05, 0) is 48.9 Å². The number of para-hydroxylation sites is 1. The molecule has 1 saturated heterocycles. The van der Waals surface area contributed by atoms with Gasteiger partial charge in [-0.1, -0.05) is 30.0 Å². The van der Waals surface area contributed by atoms with Crippen LogP contribution < -0.4 is 10.1 Å². The number of ether oxygens (including phenoxy) is 1. The van der Waals surface area contributed by atoms with Crippen LogP contribution >= 0.6 is 34.4 Å². The van der Waals surface area contributed by atoms with Crippen LogP contribution in [0.25, 0.3) is 10.2 Å². The molecule has 7 nitrogen and oxygen atoms in total. The number of pyridine rings is 2. The third-order valence-corrected chi connectivity index (χ3v) is 9.75. The quantitative estimate of drug-likeness (QED) is 0.212. The molecule has 5 heterocycles. The highest BCUT2D eigenvalue weighted by molar-refractivity contribution is 7.99. The van der Waals surface area contributed by atoms with Crippen LogP contribution in [-0.4, -0.2) is 38.8 Å². The Morgan fingerprint density at radius 1 is 1.10 bits per heavy atom. The van der Waals surface area contributed by atoms with Crippen LogP contribution in [-0.2, 0) is 4.79 Å². The van der Waals surface area contributed by atoms with Gasteiger partial charge in [0.2, 0.25) is 5.91 Å². The molecule has 1 aliphatic rings. The fourth-order valence-corrected chi connectivity index (χ4v) is 7.44. The standard InChI is InChI=1S/C29H27N5O2S3/c1-18-15-30-23-10-13-37-27(23)26(18)39-22-14-25(36-21-6-4-3-5-7-21)28(31-16-22)33-29-32-24(17-38-29)20-8-11-34(12-9-20)19(2)35/h3-7,10,13-17,20H,8-9,11-12H2,1-2H3,(H,31,32,33). The Morgan fingerprint density at radius 2 is 1.92 bits per heavy atom. The lowest BCUT2D eigenvalue weighted by Gasteiger charge is -2.30. The van der Waals surface area contributed by atoms with Crippen molar-refractivity contribution in [3.8, 4) is 11.5 Å². The molecule has 0 spiro atoms. The number of rotatable bonds is 7. The maximum Gasteiger partial charge on any atom is 0.219 e. The maximum atomic E-state index is 11.7. The highest BCUT2D eigenvalue weighted by Gasteiger charge is 2.24. The van der Waals surface area contributed by atoms with Crippen LogP contribution in [0.2, 0.25) is 0 Å². The van der Waals surface area contributed by atoms with Crippen LogP contribution in [0.5, 0.6) is 11.5 Å². The van der Waals surface area contributed by atoms with Crippen molar-refractivity contribution in [1.29, 1.82) is 0 Å². The Kier molecular flexibility index (Phi) is 7.49. The number of amides is 1. The zero-order chi connectivity index (χ0) is 26.8. The van der Waals surface area contributed by atoms with Crippen LogP contribution in [0.15, 0.2) is 75.4 Å². The van der Waals surface area contributed by atoms with E-state index in [0.29, 0.717) is 17.5 Å². The highest BCUT2D eigenvalue weighted by Crippen LogP contribution is 2.41. The normalized spacial score (nSPS) is 14.1. The minimum atomic E-state index is 0.145. The monoisotopic (exact) mass is 573 g/mol. The van der Waals surface area contributed by atoms with Gasteiger partial charge < -0.3 is 15.0 Å². The molecule has 0 unspecified atom stereocenters.